The standard InChI is InChI=1S/C21H22FN5O3/c1-13-11-30-20-17-14(9-16(22)18(20)25-7-5-24(2)6-8-25)19(28)15(10-27(13)17)21(29)26-4-3-23-12-26/h3-4,9-10,12-13H,5-8,11H2,1-2H3/t13-/m0/s1. The molecule has 30 heavy (non-hydrogen) atoms. The molecule has 9 heteroatoms. The second-order valence-electron chi connectivity index (χ2n) is 7.94. The fourth-order valence-corrected chi connectivity index (χ4v) is 4.21. The number of pyridine rings is 1. The summed E-state index contributed by atoms with van der Waals surface area (Å²) in [4.78, 5) is 34.1. The van der Waals surface area contributed by atoms with E-state index in [1.807, 2.05) is 23.4 Å². The van der Waals surface area contributed by atoms with Crippen molar-refractivity contribution >= 4 is 22.5 Å². The number of imidazole rings is 1. The van der Waals surface area contributed by atoms with Crippen molar-refractivity contribution in [1.82, 2.24) is 19.0 Å². The predicted molar refractivity (Wildman–Crippen MR) is 110 cm³/mol. The molecule has 0 aliphatic carbocycles. The Labute approximate surface area is 172 Å². The normalized spacial score (nSPS) is 19.2. The minimum atomic E-state index is -0.511. The van der Waals surface area contributed by atoms with Crippen molar-refractivity contribution in [3.63, 3.8) is 0 Å². The SMILES string of the molecule is C[C@H]1COc2c(N3CCN(C)CC3)c(F)cc3c(=O)c(C(=O)n4ccnc4)cn1c23. The number of piperazine rings is 1. The highest BCUT2D eigenvalue weighted by Gasteiger charge is 2.31. The molecular weight excluding hydrogens is 389 g/mol. The van der Waals surface area contributed by atoms with E-state index < -0.39 is 17.2 Å². The van der Waals surface area contributed by atoms with Gasteiger partial charge in [-0.2, -0.15) is 0 Å². The van der Waals surface area contributed by atoms with Crippen LogP contribution in [0.2, 0.25) is 0 Å². The molecule has 2 aromatic heterocycles. The van der Waals surface area contributed by atoms with E-state index in [0.29, 0.717) is 36.6 Å². The molecule has 0 unspecified atom stereocenters. The molecule has 8 nitrogen and oxygen atoms in total. The quantitative estimate of drug-likeness (QED) is 0.640. The number of likely N-dealkylation sites (N-methyl/N-ethyl adjacent to an activating group) is 1. The molecule has 5 rings (SSSR count). The van der Waals surface area contributed by atoms with E-state index in [1.54, 1.807) is 6.20 Å². The topological polar surface area (TPSA) is 72.6 Å². The largest absolute Gasteiger partial charge is 0.487 e. The molecule has 0 saturated carbocycles. The molecule has 0 radical (unpaired) electrons. The summed E-state index contributed by atoms with van der Waals surface area (Å²) in [5.41, 5.74) is 0.398. The summed E-state index contributed by atoms with van der Waals surface area (Å²) in [6.07, 6.45) is 5.86. The maximum absolute atomic E-state index is 15.3. The Kier molecular flexibility index (Phi) is 4.35. The van der Waals surface area contributed by atoms with Crippen LogP contribution in [0.4, 0.5) is 10.1 Å². The Morgan fingerprint density at radius 2 is 2.03 bits per heavy atom. The van der Waals surface area contributed by atoms with Gasteiger partial charge in [0.1, 0.15) is 24.2 Å². The number of halogens is 1. The van der Waals surface area contributed by atoms with Crippen molar-refractivity contribution < 1.29 is 13.9 Å². The molecule has 2 aliphatic heterocycles. The molecule has 0 amide bonds. The Balaban J connectivity index is 1.74. The maximum Gasteiger partial charge on any atom is 0.268 e. The van der Waals surface area contributed by atoms with Crippen LogP contribution in [0.1, 0.15) is 23.3 Å². The maximum atomic E-state index is 15.3. The second kappa shape index (κ2) is 6.94. The minimum absolute atomic E-state index is 0.0213. The Morgan fingerprint density at radius 1 is 1.27 bits per heavy atom. The zero-order valence-corrected chi connectivity index (χ0v) is 16.8. The molecule has 0 bridgehead atoms. The van der Waals surface area contributed by atoms with E-state index in [-0.39, 0.29) is 17.0 Å². The number of ether oxygens (including phenoxy) is 1. The smallest absolute Gasteiger partial charge is 0.268 e. The van der Waals surface area contributed by atoms with E-state index in [9.17, 15) is 9.59 Å². The lowest BCUT2D eigenvalue weighted by Gasteiger charge is -2.37. The van der Waals surface area contributed by atoms with Crippen molar-refractivity contribution in [3.05, 3.63) is 52.6 Å². The summed E-state index contributed by atoms with van der Waals surface area (Å²) in [5, 5.41) is 0.151. The Bertz CT molecular complexity index is 1200. The van der Waals surface area contributed by atoms with Gasteiger partial charge in [-0.05, 0) is 20.0 Å². The van der Waals surface area contributed by atoms with Crippen LogP contribution in [0.25, 0.3) is 10.9 Å². The summed E-state index contributed by atoms with van der Waals surface area (Å²) in [6, 6.07) is 1.14. The fourth-order valence-electron chi connectivity index (χ4n) is 4.21. The van der Waals surface area contributed by atoms with Gasteiger partial charge >= 0.3 is 0 Å². The lowest BCUT2D eigenvalue weighted by molar-refractivity contribution is 0.0957. The first kappa shape index (κ1) is 18.8. The number of benzene rings is 1. The van der Waals surface area contributed by atoms with Crippen LogP contribution in [0.15, 0.2) is 35.8 Å². The van der Waals surface area contributed by atoms with Gasteiger partial charge in [-0.15, -0.1) is 0 Å². The van der Waals surface area contributed by atoms with E-state index >= 15 is 4.39 Å². The van der Waals surface area contributed by atoms with E-state index in [4.69, 9.17) is 4.74 Å². The van der Waals surface area contributed by atoms with Crippen molar-refractivity contribution in [2.75, 3.05) is 44.7 Å². The van der Waals surface area contributed by atoms with Crippen molar-refractivity contribution in [2.45, 2.75) is 13.0 Å². The summed E-state index contributed by atoms with van der Waals surface area (Å²) < 4.78 is 24.4. The molecule has 1 saturated heterocycles. The molecule has 156 valence electrons. The minimum Gasteiger partial charge on any atom is -0.487 e. The van der Waals surface area contributed by atoms with Gasteiger partial charge in [-0.3, -0.25) is 14.2 Å². The number of aromatic nitrogens is 3. The van der Waals surface area contributed by atoms with Gasteiger partial charge in [0, 0.05) is 44.8 Å². The zero-order valence-electron chi connectivity index (χ0n) is 16.8. The number of hydrogen-bond acceptors (Lipinski definition) is 6. The van der Waals surface area contributed by atoms with Gasteiger partial charge in [0.15, 0.2) is 11.6 Å². The number of nitrogens with zero attached hydrogens (tertiary/aromatic N) is 5. The molecule has 2 aliphatic rings. The number of hydrogen-bond donors (Lipinski definition) is 0. The lowest BCUT2D eigenvalue weighted by atomic mass is 10.0. The van der Waals surface area contributed by atoms with Gasteiger partial charge in [0.25, 0.3) is 5.91 Å². The van der Waals surface area contributed by atoms with E-state index in [0.717, 1.165) is 13.1 Å². The third-order valence-corrected chi connectivity index (χ3v) is 5.93. The Hall–Kier alpha value is -3.20. The first-order valence-electron chi connectivity index (χ1n) is 9.96. The van der Waals surface area contributed by atoms with Gasteiger partial charge < -0.3 is 19.1 Å². The Morgan fingerprint density at radius 3 is 2.73 bits per heavy atom. The predicted octanol–water partition coefficient (Wildman–Crippen LogP) is 1.73. The summed E-state index contributed by atoms with van der Waals surface area (Å²) in [5.74, 6) is -0.620. The number of carbonyl (C=O) groups is 1. The first-order chi connectivity index (χ1) is 14.5. The summed E-state index contributed by atoms with van der Waals surface area (Å²) in [6.45, 7) is 5.25. The molecule has 0 N–H and O–H groups in total. The van der Waals surface area contributed by atoms with Gasteiger partial charge in [0.2, 0.25) is 5.43 Å². The number of carbonyl (C=O) groups excluding carboxylic acids is 1. The van der Waals surface area contributed by atoms with Gasteiger partial charge in [-0.1, -0.05) is 0 Å². The van der Waals surface area contributed by atoms with E-state index in [2.05, 4.69) is 9.88 Å². The molecule has 1 aromatic carbocycles. The average molecular weight is 411 g/mol. The van der Waals surface area contributed by atoms with Gasteiger partial charge in [0.05, 0.1) is 16.9 Å². The number of rotatable bonds is 2. The van der Waals surface area contributed by atoms with Crippen molar-refractivity contribution in [2.24, 2.45) is 0 Å². The van der Waals surface area contributed by atoms with Gasteiger partial charge in [-0.25, -0.2) is 9.37 Å². The van der Waals surface area contributed by atoms with Crippen molar-refractivity contribution in [1.29, 1.82) is 0 Å². The monoisotopic (exact) mass is 411 g/mol. The van der Waals surface area contributed by atoms with Crippen LogP contribution in [-0.2, 0) is 0 Å². The third-order valence-electron chi connectivity index (χ3n) is 5.93. The van der Waals surface area contributed by atoms with Crippen LogP contribution >= 0.6 is 0 Å². The number of anilines is 1. The molecule has 1 atom stereocenters. The summed E-state index contributed by atoms with van der Waals surface area (Å²) in [7, 11) is 2.03. The van der Waals surface area contributed by atoms with Crippen LogP contribution < -0.4 is 15.1 Å². The highest BCUT2D eigenvalue weighted by Crippen LogP contribution is 2.42. The molecular formula is C21H22FN5O3. The zero-order chi connectivity index (χ0) is 21.0. The van der Waals surface area contributed by atoms with Crippen molar-refractivity contribution in [3.8, 4) is 5.75 Å². The third kappa shape index (κ3) is 2.80. The lowest BCUT2D eigenvalue weighted by Crippen LogP contribution is -2.45. The average Bonchev–Trinajstić information content (AvgIpc) is 3.27. The van der Waals surface area contributed by atoms with Crippen LogP contribution in [0, 0.1) is 5.82 Å². The molecule has 4 heterocycles. The fraction of sp³-hybridized carbons (Fsp3) is 0.381. The van der Waals surface area contributed by atoms with Crippen LogP contribution in [0.3, 0.4) is 0 Å². The highest BCUT2D eigenvalue weighted by molar-refractivity contribution is 6.01. The highest BCUT2D eigenvalue weighted by atomic mass is 19.1. The van der Waals surface area contributed by atoms with Crippen LogP contribution in [0.5, 0.6) is 5.75 Å². The molecule has 1 fully saturated rings. The molecule has 0 spiro atoms. The first-order valence-corrected chi connectivity index (χ1v) is 9.96. The second-order valence-corrected chi connectivity index (χ2v) is 7.94. The van der Waals surface area contributed by atoms with E-state index in [1.165, 1.54) is 29.4 Å². The summed E-state index contributed by atoms with van der Waals surface area (Å²) >= 11 is 0. The van der Waals surface area contributed by atoms with Crippen LogP contribution in [-0.4, -0.2) is 64.8 Å². The molecule has 3 aromatic rings.